The standard InChI is InChI=1S/C12H24N2/c1-12(8-4-5-9-12)11(14-13)10-6-2-3-7-10/h10-11,14H,2-9,13H2,1H3. The first kappa shape index (κ1) is 10.4. The highest BCUT2D eigenvalue weighted by molar-refractivity contribution is 4.95. The summed E-state index contributed by atoms with van der Waals surface area (Å²) in [7, 11) is 0. The lowest BCUT2D eigenvalue weighted by Gasteiger charge is -2.37. The smallest absolute Gasteiger partial charge is 0.0292 e. The summed E-state index contributed by atoms with van der Waals surface area (Å²) < 4.78 is 0. The van der Waals surface area contributed by atoms with Gasteiger partial charge in [0.25, 0.3) is 0 Å². The number of hydrogen-bond donors (Lipinski definition) is 2. The van der Waals surface area contributed by atoms with Gasteiger partial charge in [0.05, 0.1) is 0 Å². The molecule has 14 heavy (non-hydrogen) atoms. The van der Waals surface area contributed by atoms with Crippen LogP contribution in [0.25, 0.3) is 0 Å². The van der Waals surface area contributed by atoms with Crippen molar-refractivity contribution in [2.24, 2.45) is 17.2 Å². The van der Waals surface area contributed by atoms with Crippen molar-refractivity contribution in [3.05, 3.63) is 0 Å². The van der Waals surface area contributed by atoms with E-state index in [4.69, 9.17) is 5.84 Å². The minimum atomic E-state index is 0.490. The molecule has 0 spiro atoms. The largest absolute Gasteiger partial charge is 0.271 e. The predicted octanol–water partition coefficient (Wildman–Crippen LogP) is 2.59. The SMILES string of the molecule is CC1(C(NN)C2CCCC2)CCCC1. The van der Waals surface area contributed by atoms with Crippen molar-refractivity contribution in [3.8, 4) is 0 Å². The fourth-order valence-corrected chi connectivity index (χ4v) is 3.69. The van der Waals surface area contributed by atoms with E-state index in [1.165, 1.54) is 51.4 Å². The molecule has 1 unspecified atom stereocenters. The number of rotatable bonds is 3. The van der Waals surface area contributed by atoms with Gasteiger partial charge in [0.2, 0.25) is 0 Å². The van der Waals surface area contributed by atoms with Gasteiger partial charge in [-0.1, -0.05) is 32.6 Å². The first-order valence-corrected chi connectivity index (χ1v) is 6.22. The Kier molecular flexibility index (Phi) is 3.13. The molecule has 2 aliphatic carbocycles. The maximum absolute atomic E-state index is 5.77. The molecule has 0 amide bonds. The fourth-order valence-electron chi connectivity index (χ4n) is 3.69. The van der Waals surface area contributed by atoms with Gasteiger partial charge in [0.1, 0.15) is 0 Å². The highest BCUT2D eigenvalue weighted by atomic mass is 15.2. The Hall–Kier alpha value is -0.0800. The molecule has 0 heterocycles. The van der Waals surface area contributed by atoms with E-state index in [0.29, 0.717) is 11.5 Å². The zero-order valence-electron chi connectivity index (χ0n) is 9.39. The van der Waals surface area contributed by atoms with Gasteiger partial charge in [-0.25, -0.2) is 0 Å². The van der Waals surface area contributed by atoms with E-state index in [-0.39, 0.29) is 0 Å². The van der Waals surface area contributed by atoms with E-state index >= 15 is 0 Å². The number of nitrogens with one attached hydrogen (secondary N) is 1. The molecule has 2 aliphatic rings. The van der Waals surface area contributed by atoms with E-state index in [0.717, 1.165) is 5.92 Å². The third kappa shape index (κ3) is 1.82. The normalized spacial score (nSPS) is 29.6. The maximum Gasteiger partial charge on any atom is 0.0292 e. The monoisotopic (exact) mass is 196 g/mol. The van der Waals surface area contributed by atoms with Crippen LogP contribution in [0.5, 0.6) is 0 Å². The first-order chi connectivity index (χ1) is 6.76. The van der Waals surface area contributed by atoms with Crippen LogP contribution in [0, 0.1) is 11.3 Å². The van der Waals surface area contributed by atoms with Gasteiger partial charge in [0, 0.05) is 6.04 Å². The maximum atomic E-state index is 5.77. The highest BCUT2D eigenvalue weighted by Gasteiger charge is 2.41. The molecule has 0 radical (unpaired) electrons. The molecule has 0 aliphatic heterocycles. The Morgan fingerprint density at radius 1 is 1.14 bits per heavy atom. The molecule has 0 aromatic heterocycles. The first-order valence-electron chi connectivity index (χ1n) is 6.22. The molecule has 0 saturated heterocycles. The molecular formula is C12H24N2. The van der Waals surface area contributed by atoms with Crippen LogP contribution >= 0.6 is 0 Å². The van der Waals surface area contributed by atoms with E-state index in [2.05, 4.69) is 12.3 Å². The molecule has 2 nitrogen and oxygen atoms in total. The Balaban J connectivity index is 2.03. The van der Waals surface area contributed by atoms with Crippen molar-refractivity contribution in [3.63, 3.8) is 0 Å². The van der Waals surface area contributed by atoms with E-state index in [1.807, 2.05) is 0 Å². The summed E-state index contributed by atoms with van der Waals surface area (Å²) in [6.45, 7) is 2.43. The second-order valence-electron chi connectivity index (χ2n) is 5.55. The van der Waals surface area contributed by atoms with Crippen LogP contribution in [-0.4, -0.2) is 6.04 Å². The number of hydrazine groups is 1. The summed E-state index contributed by atoms with van der Waals surface area (Å²) in [4.78, 5) is 0. The summed E-state index contributed by atoms with van der Waals surface area (Å²) in [5.41, 5.74) is 3.62. The van der Waals surface area contributed by atoms with Crippen molar-refractivity contribution in [1.82, 2.24) is 5.43 Å². The van der Waals surface area contributed by atoms with Crippen molar-refractivity contribution in [2.45, 2.75) is 64.3 Å². The molecule has 0 bridgehead atoms. The van der Waals surface area contributed by atoms with Crippen molar-refractivity contribution in [2.75, 3.05) is 0 Å². The van der Waals surface area contributed by atoms with Gasteiger partial charge < -0.3 is 0 Å². The van der Waals surface area contributed by atoms with Crippen LogP contribution in [0.3, 0.4) is 0 Å². The summed E-state index contributed by atoms with van der Waals surface area (Å²) in [5, 5.41) is 0. The summed E-state index contributed by atoms with van der Waals surface area (Å²) >= 11 is 0. The molecule has 2 fully saturated rings. The van der Waals surface area contributed by atoms with Crippen LogP contribution < -0.4 is 11.3 Å². The van der Waals surface area contributed by atoms with Crippen LogP contribution in [0.4, 0.5) is 0 Å². The molecule has 82 valence electrons. The average Bonchev–Trinajstić information content (AvgIpc) is 2.78. The third-order valence-corrected chi connectivity index (χ3v) is 4.55. The Morgan fingerprint density at radius 3 is 2.21 bits per heavy atom. The van der Waals surface area contributed by atoms with Crippen molar-refractivity contribution < 1.29 is 0 Å². The van der Waals surface area contributed by atoms with Gasteiger partial charge in [0.15, 0.2) is 0 Å². The topological polar surface area (TPSA) is 38.0 Å². The zero-order chi connectivity index (χ0) is 10.0. The van der Waals surface area contributed by atoms with Crippen LogP contribution in [0.1, 0.15) is 58.3 Å². The number of hydrogen-bond acceptors (Lipinski definition) is 2. The quantitative estimate of drug-likeness (QED) is 0.538. The highest BCUT2D eigenvalue weighted by Crippen LogP contribution is 2.45. The lowest BCUT2D eigenvalue weighted by Crippen LogP contribution is -2.50. The van der Waals surface area contributed by atoms with Crippen molar-refractivity contribution >= 4 is 0 Å². The molecule has 3 N–H and O–H groups in total. The van der Waals surface area contributed by atoms with Crippen molar-refractivity contribution in [1.29, 1.82) is 0 Å². The van der Waals surface area contributed by atoms with Gasteiger partial charge in [-0.3, -0.25) is 11.3 Å². The fraction of sp³-hybridized carbons (Fsp3) is 1.00. The van der Waals surface area contributed by atoms with E-state index < -0.39 is 0 Å². The molecular weight excluding hydrogens is 172 g/mol. The van der Waals surface area contributed by atoms with E-state index in [1.54, 1.807) is 0 Å². The predicted molar refractivity (Wildman–Crippen MR) is 59.6 cm³/mol. The van der Waals surface area contributed by atoms with E-state index in [9.17, 15) is 0 Å². The molecule has 1 atom stereocenters. The second kappa shape index (κ2) is 4.19. The average molecular weight is 196 g/mol. The third-order valence-electron chi connectivity index (χ3n) is 4.55. The van der Waals surface area contributed by atoms with Crippen LogP contribution in [0.15, 0.2) is 0 Å². The van der Waals surface area contributed by atoms with Crippen LogP contribution in [0.2, 0.25) is 0 Å². The minimum absolute atomic E-state index is 0.490. The zero-order valence-corrected chi connectivity index (χ0v) is 9.39. The number of nitrogens with two attached hydrogens (primary N) is 1. The summed E-state index contributed by atoms with van der Waals surface area (Å²) in [5.74, 6) is 6.62. The molecule has 0 aromatic rings. The summed E-state index contributed by atoms with van der Waals surface area (Å²) in [6, 6.07) is 0.576. The van der Waals surface area contributed by atoms with Gasteiger partial charge in [-0.2, -0.15) is 0 Å². The lowest BCUT2D eigenvalue weighted by atomic mass is 9.74. The Labute approximate surface area is 87.6 Å². The minimum Gasteiger partial charge on any atom is -0.271 e. The summed E-state index contributed by atoms with van der Waals surface area (Å²) in [6.07, 6.45) is 11.2. The molecule has 2 heteroatoms. The van der Waals surface area contributed by atoms with Gasteiger partial charge in [-0.05, 0) is 37.0 Å². The molecule has 2 saturated carbocycles. The lowest BCUT2D eigenvalue weighted by molar-refractivity contribution is 0.160. The van der Waals surface area contributed by atoms with Crippen LogP contribution in [-0.2, 0) is 0 Å². The molecule has 0 aromatic carbocycles. The molecule has 2 rings (SSSR count). The Morgan fingerprint density at radius 2 is 1.71 bits per heavy atom. The van der Waals surface area contributed by atoms with Gasteiger partial charge in [-0.15, -0.1) is 0 Å². The second-order valence-corrected chi connectivity index (χ2v) is 5.55. The Bertz CT molecular complexity index is 179. The van der Waals surface area contributed by atoms with Gasteiger partial charge >= 0.3 is 0 Å².